The molecule has 0 aromatic heterocycles. The van der Waals surface area contributed by atoms with Crippen molar-refractivity contribution in [1.82, 2.24) is 5.32 Å². The summed E-state index contributed by atoms with van der Waals surface area (Å²) in [6.45, 7) is 1.56. The Hall–Kier alpha value is -1.40. The summed E-state index contributed by atoms with van der Waals surface area (Å²) >= 11 is 3.32. The van der Waals surface area contributed by atoms with Gasteiger partial charge in [-0.2, -0.15) is 0 Å². The van der Waals surface area contributed by atoms with Gasteiger partial charge in [0, 0.05) is 11.4 Å². The molecule has 1 rings (SSSR count). The van der Waals surface area contributed by atoms with Gasteiger partial charge in [0.05, 0.1) is 24.9 Å². The van der Waals surface area contributed by atoms with Gasteiger partial charge in [0.25, 0.3) is 0 Å². The summed E-state index contributed by atoms with van der Waals surface area (Å²) in [5, 5.41) is 5.42. The van der Waals surface area contributed by atoms with Crippen LogP contribution in [0, 0.1) is 0 Å². The number of halogens is 1. The van der Waals surface area contributed by atoms with Crippen molar-refractivity contribution in [3.63, 3.8) is 0 Å². The number of hydrogen-bond donors (Lipinski definition) is 2. The SMILES string of the molecule is CNCC(=O)c1c(Br)ccc(OC)c1NC(C)=O. The predicted octanol–water partition coefficient (Wildman–Crippen LogP) is 1.82. The molecule has 0 atom stereocenters. The smallest absolute Gasteiger partial charge is 0.221 e. The zero-order valence-corrected chi connectivity index (χ0v) is 12.1. The zero-order chi connectivity index (χ0) is 13.7. The van der Waals surface area contributed by atoms with Gasteiger partial charge >= 0.3 is 0 Å². The van der Waals surface area contributed by atoms with E-state index in [4.69, 9.17) is 4.74 Å². The molecular formula is C12H15BrN2O3. The van der Waals surface area contributed by atoms with Gasteiger partial charge < -0.3 is 15.4 Å². The molecule has 0 spiro atoms. The number of Topliss-reactive ketones (excluding diaryl/α,β-unsaturated/α-hetero) is 1. The van der Waals surface area contributed by atoms with Crippen molar-refractivity contribution in [1.29, 1.82) is 0 Å². The van der Waals surface area contributed by atoms with E-state index in [1.165, 1.54) is 14.0 Å². The molecule has 0 aliphatic heterocycles. The van der Waals surface area contributed by atoms with Crippen molar-refractivity contribution in [2.75, 3.05) is 26.0 Å². The topological polar surface area (TPSA) is 67.4 Å². The number of likely N-dealkylation sites (N-methyl/N-ethyl adjacent to an activating group) is 1. The van der Waals surface area contributed by atoms with Crippen molar-refractivity contribution in [2.24, 2.45) is 0 Å². The van der Waals surface area contributed by atoms with Crippen LogP contribution in [0.2, 0.25) is 0 Å². The van der Waals surface area contributed by atoms with Crippen LogP contribution in [-0.4, -0.2) is 32.4 Å². The number of hydrogen-bond acceptors (Lipinski definition) is 4. The predicted molar refractivity (Wildman–Crippen MR) is 73.3 cm³/mol. The van der Waals surface area contributed by atoms with Gasteiger partial charge in [-0.1, -0.05) is 0 Å². The Morgan fingerprint density at radius 3 is 2.56 bits per heavy atom. The van der Waals surface area contributed by atoms with E-state index in [0.717, 1.165) is 0 Å². The lowest BCUT2D eigenvalue weighted by Gasteiger charge is -2.15. The van der Waals surface area contributed by atoms with Crippen LogP contribution in [0.5, 0.6) is 5.75 Å². The Balaban J connectivity index is 3.35. The highest BCUT2D eigenvalue weighted by molar-refractivity contribution is 9.10. The molecule has 98 valence electrons. The quantitative estimate of drug-likeness (QED) is 0.814. The summed E-state index contributed by atoms with van der Waals surface area (Å²) in [4.78, 5) is 23.3. The highest BCUT2D eigenvalue weighted by Gasteiger charge is 2.19. The Labute approximate surface area is 114 Å². The third kappa shape index (κ3) is 3.30. The summed E-state index contributed by atoms with van der Waals surface area (Å²) in [6.07, 6.45) is 0. The maximum atomic E-state index is 12.0. The molecule has 1 amide bonds. The Bertz CT molecular complexity index is 475. The maximum absolute atomic E-state index is 12.0. The Morgan fingerprint density at radius 1 is 1.39 bits per heavy atom. The second-order valence-corrected chi connectivity index (χ2v) is 4.49. The monoisotopic (exact) mass is 314 g/mol. The number of carbonyl (C=O) groups is 2. The molecule has 5 nitrogen and oxygen atoms in total. The number of methoxy groups -OCH3 is 1. The average Bonchev–Trinajstić information content (AvgIpc) is 2.29. The fourth-order valence-corrected chi connectivity index (χ4v) is 2.10. The molecule has 0 fully saturated rings. The summed E-state index contributed by atoms with van der Waals surface area (Å²) in [5.41, 5.74) is 0.790. The van der Waals surface area contributed by atoms with Crippen LogP contribution < -0.4 is 15.4 Å². The van der Waals surface area contributed by atoms with Crippen LogP contribution in [0.15, 0.2) is 16.6 Å². The van der Waals surface area contributed by atoms with Crippen LogP contribution >= 0.6 is 15.9 Å². The number of ketones is 1. The largest absolute Gasteiger partial charge is 0.495 e. The first-order valence-electron chi connectivity index (χ1n) is 5.33. The molecular weight excluding hydrogens is 300 g/mol. The maximum Gasteiger partial charge on any atom is 0.221 e. The number of nitrogens with one attached hydrogen (secondary N) is 2. The van der Waals surface area contributed by atoms with Crippen molar-refractivity contribution < 1.29 is 14.3 Å². The van der Waals surface area contributed by atoms with Gasteiger partial charge in [-0.05, 0) is 35.1 Å². The van der Waals surface area contributed by atoms with E-state index >= 15 is 0 Å². The zero-order valence-electron chi connectivity index (χ0n) is 10.5. The lowest BCUT2D eigenvalue weighted by atomic mass is 10.1. The first-order chi connectivity index (χ1) is 8.51. The minimum absolute atomic E-state index is 0.132. The van der Waals surface area contributed by atoms with E-state index in [-0.39, 0.29) is 18.2 Å². The van der Waals surface area contributed by atoms with Gasteiger partial charge in [-0.25, -0.2) is 0 Å². The number of benzene rings is 1. The van der Waals surface area contributed by atoms with Gasteiger partial charge in [-0.15, -0.1) is 0 Å². The number of amides is 1. The molecule has 0 saturated carbocycles. The second kappa shape index (κ2) is 6.51. The molecule has 0 bridgehead atoms. The molecule has 0 unspecified atom stereocenters. The number of carbonyl (C=O) groups excluding carboxylic acids is 2. The third-order valence-electron chi connectivity index (χ3n) is 2.25. The van der Waals surface area contributed by atoms with Crippen molar-refractivity contribution in [3.8, 4) is 5.75 Å². The minimum atomic E-state index is -0.259. The fourth-order valence-electron chi connectivity index (χ4n) is 1.55. The van der Waals surface area contributed by atoms with E-state index in [2.05, 4.69) is 26.6 Å². The van der Waals surface area contributed by atoms with E-state index in [1.54, 1.807) is 19.2 Å². The highest BCUT2D eigenvalue weighted by atomic mass is 79.9. The van der Waals surface area contributed by atoms with Gasteiger partial charge in [0.1, 0.15) is 5.75 Å². The number of anilines is 1. The average molecular weight is 315 g/mol. The molecule has 1 aromatic rings. The van der Waals surface area contributed by atoms with Crippen LogP contribution in [0.25, 0.3) is 0 Å². The van der Waals surface area contributed by atoms with Crippen molar-refractivity contribution in [2.45, 2.75) is 6.92 Å². The molecule has 1 aromatic carbocycles. The summed E-state index contributed by atoms with van der Waals surface area (Å²) in [5.74, 6) is 0.0600. The molecule has 0 saturated heterocycles. The molecule has 0 radical (unpaired) electrons. The highest BCUT2D eigenvalue weighted by Crippen LogP contribution is 2.34. The van der Waals surface area contributed by atoms with E-state index in [1.807, 2.05) is 0 Å². The minimum Gasteiger partial charge on any atom is -0.495 e. The molecule has 0 aliphatic carbocycles. The van der Waals surface area contributed by atoms with E-state index in [0.29, 0.717) is 21.5 Å². The van der Waals surface area contributed by atoms with Crippen LogP contribution in [0.3, 0.4) is 0 Å². The third-order valence-corrected chi connectivity index (χ3v) is 2.91. The summed E-state index contributed by atoms with van der Waals surface area (Å²) < 4.78 is 5.78. The van der Waals surface area contributed by atoms with Crippen molar-refractivity contribution in [3.05, 3.63) is 22.2 Å². The standard InChI is InChI=1S/C12H15BrN2O3/c1-7(16)15-12-10(18-3)5-4-8(13)11(12)9(17)6-14-2/h4-5,14H,6H2,1-3H3,(H,15,16). The van der Waals surface area contributed by atoms with Gasteiger partial charge in [0.15, 0.2) is 5.78 Å². The van der Waals surface area contributed by atoms with Crippen LogP contribution in [0.1, 0.15) is 17.3 Å². The molecule has 0 aliphatic rings. The Morgan fingerprint density at radius 2 is 2.06 bits per heavy atom. The summed E-state index contributed by atoms with van der Waals surface area (Å²) in [7, 11) is 3.17. The first kappa shape index (κ1) is 14.7. The van der Waals surface area contributed by atoms with E-state index in [9.17, 15) is 9.59 Å². The van der Waals surface area contributed by atoms with Crippen LogP contribution in [-0.2, 0) is 4.79 Å². The molecule has 2 N–H and O–H groups in total. The summed E-state index contributed by atoms with van der Waals surface area (Å²) in [6, 6.07) is 3.40. The Kier molecular flexibility index (Phi) is 5.30. The van der Waals surface area contributed by atoms with Crippen molar-refractivity contribution >= 4 is 33.3 Å². The van der Waals surface area contributed by atoms with Gasteiger partial charge in [0.2, 0.25) is 5.91 Å². The lowest BCUT2D eigenvalue weighted by molar-refractivity contribution is -0.114. The second-order valence-electron chi connectivity index (χ2n) is 3.63. The normalized spacial score (nSPS) is 10.0. The van der Waals surface area contributed by atoms with Gasteiger partial charge in [-0.3, -0.25) is 9.59 Å². The first-order valence-corrected chi connectivity index (χ1v) is 6.12. The van der Waals surface area contributed by atoms with Crippen LogP contribution in [0.4, 0.5) is 5.69 Å². The molecule has 18 heavy (non-hydrogen) atoms. The van der Waals surface area contributed by atoms with E-state index < -0.39 is 0 Å². The number of ether oxygens (including phenoxy) is 1. The fraction of sp³-hybridized carbons (Fsp3) is 0.333. The molecule has 0 heterocycles. The lowest BCUT2D eigenvalue weighted by Crippen LogP contribution is -2.21. The number of rotatable bonds is 5. The molecule has 6 heteroatoms.